The van der Waals surface area contributed by atoms with E-state index >= 15 is 0 Å². The Labute approximate surface area is 137 Å². The van der Waals surface area contributed by atoms with Gasteiger partial charge < -0.3 is 14.2 Å². The van der Waals surface area contributed by atoms with Gasteiger partial charge in [-0.2, -0.15) is 13.8 Å². The van der Waals surface area contributed by atoms with Gasteiger partial charge in [-0.3, -0.25) is 4.79 Å². The van der Waals surface area contributed by atoms with Crippen molar-refractivity contribution in [2.75, 3.05) is 13.1 Å². The number of hydrogen-bond donors (Lipinski definition) is 0. The van der Waals surface area contributed by atoms with Crippen molar-refractivity contribution in [2.24, 2.45) is 0 Å². The van der Waals surface area contributed by atoms with Crippen molar-refractivity contribution >= 4 is 5.91 Å². The van der Waals surface area contributed by atoms with Gasteiger partial charge >= 0.3 is 6.61 Å². The van der Waals surface area contributed by atoms with E-state index in [0.29, 0.717) is 37.6 Å². The van der Waals surface area contributed by atoms with Gasteiger partial charge in [0.1, 0.15) is 5.75 Å². The van der Waals surface area contributed by atoms with Crippen LogP contribution in [0.1, 0.15) is 40.8 Å². The van der Waals surface area contributed by atoms with Crippen molar-refractivity contribution in [3.63, 3.8) is 0 Å². The highest BCUT2D eigenvalue weighted by Gasteiger charge is 2.29. The Bertz CT molecular complexity index is 712. The topological polar surface area (TPSA) is 68.5 Å². The third-order valence-electron chi connectivity index (χ3n) is 4.01. The van der Waals surface area contributed by atoms with Crippen LogP contribution in [0.5, 0.6) is 5.75 Å². The first-order chi connectivity index (χ1) is 11.5. The number of carbonyl (C=O) groups is 1. The third kappa shape index (κ3) is 3.52. The summed E-state index contributed by atoms with van der Waals surface area (Å²) in [6.45, 7) is -0.224. The molecule has 3 rings (SSSR count). The molecule has 1 aliphatic rings. The quantitative estimate of drug-likeness (QED) is 0.858. The van der Waals surface area contributed by atoms with Crippen LogP contribution in [0.25, 0.3) is 0 Å². The van der Waals surface area contributed by atoms with Gasteiger partial charge in [0.05, 0.1) is 5.56 Å². The van der Waals surface area contributed by atoms with Crippen LogP contribution in [0, 0.1) is 6.92 Å². The van der Waals surface area contributed by atoms with E-state index in [4.69, 9.17) is 4.52 Å². The lowest BCUT2D eigenvalue weighted by molar-refractivity contribution is -0.0503. The van der Waals surface area contributed by atoms with Gasteiger partial charge in [-0.05, 0) is 31.9 Å². The van der Waals surface area contributed by atoms with E-state index in [9.17, 15) is 13.6 Å². The van der Waals surface area contributed by atoms with Crippen molar-refractivity contribution in [2.45, 2.75) is 32.3 Å². The molecule has 2 aromatic rings. The molecule has 1 aromatic carbocycles. The molecule has 24 heavy (non-hydrogen) atoms. The van der Waals surface area contributed by atoms with Crippen molar-refractivity contribution in [3.05, 3.63) is 41.5 Å². The number of para-hydroxylation sites is 1. The van der Waals surface area contributed by atoms with Crippen LogP contribution in [-0.4, -0.2) is 40.6 Å². The molecule has 0 aliphatic carbocycles. The first-order valence-corrected chi connectivity index (χ1v) is 7.68. The number of ether oxygens (including phenoxy) is 1. The van der Waals surface area contributed by atoms with E-state index in [-0.39, 0.29) is 23.1 Å². The standard InChI is InChI=1S/C16H17F2N3O3/c1-10-19-14(24-20-10)11-6-8-21(9-7-11)15(22)12-4-2-3-5-13(12)23-16(17)18/h2-5,11,16H,6-9H2,1H3. The number of piperidine rings is 1. The first-order valence-electron chi connectivity index (χ1n) is 7.68. The van der Waals surface area contributed by atoms with E-state index in [2.05, 4.69) is 14.9 Å². The molecule has 0 radical (unpaired) electrons. The molecule has 0 saturated carbocycles. The molecule has 8 heteroatoms. The van der Waals surface area contributed by atoms with Crippen LogP contribution in [0.3, 0.4) is 0 Å². The minimum atomic E-state index is -2.97. The Balaban J connectivity index is 1.67. The molecule has 2 heterocycles. The Morgan fingerprint density at radius 2 is 2.04 bits per heavy atom. The maximum atomic E-state index is 12.6. The summed E-state index contributed by atoms with van der Waals surface area (Å²) in [5.41, 5.74) is 0.143. The van der Waals surface area contributed by atoms with E-state index in [1.165, 1.54) is 12.1 Å². The first kappa shape index (κ1) is 16.4. The molecule has 1 saturated heterocycles. The smallest absolute Gasteiger partial charge is 0.387 e. The summed E-state index contributed by atoms with van der Waals surface area (Å²) < 4.78 is 34.6. The molecule has 0 atom stereocenters. The second-order valence-electron chi connectivity index (χ2n) is 5.62. The van der Waals surface area contributed by atoms with Crippen molar-refractivity contribution in [1.29, 1.82) is 0 Å². The van der Waals surface area contributed by atoms with E-state index in [1.54, 1.807) is 24.0 Å². The highest BCUT2D eigenvalue weighted by molar-refractivity contribution is 5.97. The molecule has 0 spiro atoms. The molecule has 1 fully saturated rings. The van der Waals surface area contributed by atoms with Gasteiger partial charge in [-0.15, -0.1) is 0 Å². The third-order valence-corrected chi connectivity index (χ3v) is 4.01. The second-order valence-corrected chi connectivity index (χ2v) is 5.62. The number of halogens is 2. The average molecular weight is 337 g/mol. The fourth-order valence-corrected chi connectivity index (χ4v) is 2.82. The predicted molar refractivity (Wildman–Crippen MR) is 80.0 cm³/mol. The Kier molecular flexibility index (Phi) is 4.73. The minimum Gasteiger partial charge on any atom is -0.434 e. The van der Waals surface area contributed by atoms with E-state index < -0.39 is 6.61 Å². The van der Waals surface area contributed by atoms with E-state index in [1.807, 2.05) is 0 Å². The molecule has 1 aromatic heterocycles. The SMILES string of the molecule is Cc1noc(C2CCN(C(=O)c3ccccc3OC(F)F)CC2)n1. The molecule has 1 aliphatic heterocycles. The summed E-state index contributed by atoms with van der Waals surface area (Å²) in [7, 11) is 0. The lowest BCUT2D eigenvalue weighted by Crippen LogP contribution is -2.38. The van der Waals surface area contributed by atoms with E-state index in [0.717, 1.165) is 0 Å². The van der Waals surface area contributed by atoms with Gasteiger partial charge in [-0.25, -0.2) is 0 Å². The zero-order chi connectivity index (χ0) is 17.1. The molecular weight excluding hydrogens is 320 g/mol. The molecule has 0 unspecified atom stereocenters. The number of rotatable bonds is 4. The second kappa shape index (κ2) is 6.94. The number of carbonyl (C=O) groups excluding carboxylic acids is 1. The van der Waals surface area contributed by atoms with Crippen LogP contribution in [-0.2, 0) is 0 Å². The minimum absolute atomic E-state index is 0.104. The number of aromatic nitrogens is 2. The molecule has 128 valence electrons. The number of hydrogen-bond acceptors (Lipinski definition) is 5. The van der Waals surface area contributed by atoms with Crippen molar-refractivity contribution < 1.29 is 22.8 Å². The summed E-state index contributed by atoms with van der Waals surface area (Å²) in [6, 6.07) is 6.04. The van der Waals surface area contributed by atoms with Gasteiger partial charge in [0, 0.05) is 19.0 Å². The van der Waals surface area contributed by atoms with Gasteiger partial charge in [-0.1, -0.05) is 17.3 Å². The monoisotopic (exact) mass is 337 g/mol. The molecular formula is C16H17F2N3O3. The fourth-order valence-electron chi connectivity index (χ4n) is 2.82. The zero-order valence-electron chi connectivity index (χ0n) is 13.1. The number of alkyl halides is 2. The summed E-state index contributed by atoms with van der Waals surface area (Å²) in [5.74, 6) is 0.865. The summed E-state index contributed by atoms with van der Waals surface area (Å²) in [6.07, 6.45) is 1.37. The van der Waals surface area contributed by atoms with Crippen LogP contribution in [0.4, 0.5) is 8.78 Å². The fraction of sp³-hybridized carbons (Fsp3) is 0.438. The maximum absolute atomic E-state index is 12.6. The number of aryl methyl sites for hydroxylation is 1. The number of amides is 1. The highest BCUT2D eigenvalue weighted by atomic mass is 19.3. The Morgan fingerprint density at radius 1 is 1.33 bits per heavy atom. The van der Waals surface area contributed by atoms with Crippen molar-refractivity contribution in [1.82, 2.24) is 15.0 Å². The number of nitrogens with zero attached hydrogens (tertiary/aromatic N) is 3. The molecule has 6 nitrogen and oxygen atoms in total. The summed E-state index contributed by atoms with van der Waals surface area (Å²) in [4.78, 5) is 18.5. The average Bonchev–Trinajstić information content (AvgIpc) is 3.01. The highest BCUT2D eigenvalue weighted by Crippen LogP contribution is 2.29. The Hall–Kier alpha value is -2.51. The van der Waals surface area contributed by atoms with Crippen LogP contribution >= 0.6 is 0 Å². The van der Waals surface area contributed by atoms with Crippen LogP contribution < -0.4 is 4.74 Å². The van der Waals surface area contributed by atoms with Crippen LogP contribution in [0.2, 0.25) is 0 Å². The van der Waals surface area contributed by atoms with Crippen LogP contribution in [0.15, 0.2) is 28.8 Å². The lowest BCUT2D eigenvalue weighted by Gasteiger charge is -2.30. The number of likely N-dealkylation sites (tertiary alicyclic amines) is 1. The van der Waals surface area contributed by atoms with Crippen molar-refractivity contribution in [3.8, 4) is 5.75 Å². The summed E-state index contributed by atoms with van der Waals surface area (Å²) >= 11 is 0. The molecule has 1 amide bonds. The van der Waals surface area contributed by atoms with Gasteiger partial charge in [0.15, 0.2) is 5.82 Å². The van der Waals surface area contributed by atoms with Gasteiger partial charge in [0.25, 0.3) is 5.91 Å². The largest absolute Gasteiger partial charge is 0.434 e. The lowest BCUT2D eigenvalue weighted by atomic mass is 9.96. The number of benzene rings is 1. The molecule has 0 N–H and O–H groups in total. The zero-order valence-corrected chi connectivity index (χ0v) is 13.1. The normalized spacial score (nSPS) is 15.8. The maximum Gasteiger partial charge on any atom is 0.387 e. The van der Waals surface area contributed by atoms with Gasteiger partial charge in [0.2, 0.25) is 5.89 Å². The summed E-state index contributed by atoms with van der Waals surface area (Å²) in [5, 5.41) is 3.78. The molecule has 0 bridgehead atoms. The predicted octanol–water partition coefficient (Wildman–Crippen LogP) is 3.00. The Morgan fingerprint density at radius 3 is 2.67 bits per heavy atom.